The summed E-state index contributed by atoms with van der Waals surface area (Å²) in [6, 6.07) is 8.55. The maximum atomic E-state index is 5.53. The van der Waals surface area contributed by atoms with E-state index in [-0.39, 0.29) is 28.7 Å². The van der Waals surface area contributed by atoms with Gasteiger partial charge in [0, 0.05) is 38.1 Å². The second-order valence-corrected chi connectivity index (χ2v) is 7.73. The molecule has 0 unspecified atom stereocenters. The van der Waals surface area contributed by atoms with Crippen LogP contribution in [-0.2, 0) is 11.3 Å². The first-order valence-electron chi connectivity index (χ1n) is 8.77. The van der Waals surface area contributed by atoms with Gasteiger partial charge in [-0.15, -0.1) is 24.0 Å². The third-order valence-corrected chi connectivity index (χ3v) is 6.12. The lowest BCUT2D eigenvalue weighted by Gasteiger charge is -2.34. The van der Waals surface area contributed by atoms with E-state index in [1.54, 1.807) is 0 Å². The first-order valence-corrected chi connectivity index (χ1v) is 9.99. The van der Waals surface area contributed by atoms with Crippen molar-refractivity contribution in [2.75, 3.05) is 39.6 Å². The summed E-state index contributed by atoms with van der Waals surface area (Å²) in [7, 11) is 2.11. The second-order valence-electron chi connectivity index (χ2n) is 6.45. The Bertz CT molecular complexity index is 547. The highest BCUT2D eigenvalue weighted by molar-refractivity contribution is 14.0. The molecule has 1 aliphatic rings. The maximum Gasteiger partial charge on any atom is 0.194 e. The summed E-state index contributed by atoms with van der Waals surface area (Å²) >= 11 is 1.94. The van der Waals surface area contributed by atoms with Crippen LogP contribution < -0.4 is 5.32 Å². The minimum absolute atomic E-state index is 0. The van der Waals surface area contributed by atoms with Crippen LogP contribution in [-0.4, -0.2) is 55.2 Å². The van der Waals surface area contributed by atoms with E-state index in [1.165, 1.54) is 11.1 Å². The summed E-state index contributed by atoms with van der Waals surface area (Å²) < 4.78 is 5.76. The number of aliphatic imine (C=N–C) groups is 1. The predicted octanol–water partition coefficient (Wildman–Crippen LogP) is 3.92. The molecule has 0 amide bonds. The molecule has 0 spiro atoms. The molecule has 1 fully saturated rings. The highest BCUT2D eigenvalue weighted by Gasteiger charge is 2.31. The third-order valence-electron chi connectivity index (χ3n) is 4.72. The van der Waals surface area contributed by atoms with Gasteiger partial charge >= 0.3 is 0 Å². The van der Waals surface area contributed by atoms with Crippen molar-refractivity contribution < 1.29 is 4.74 Å². The molecule has 2 rings (SSSR count). The quantitative estimate of drug-likeness (QED) is 0.383. The van der Waals surface area contributed by atoms with Crippen molar-refractivity contribution in [1.82, 2.24) is 10.2 Å². The van der Waals surface area contributed by atoms with Crippen molar-refractivity contribution in [2.24, 2.45) is 4.99 Å². The molecule has 1 saturated heterocycles. The van der Waals surface area contributed by atoms with Crippen LogP contribution in [0.25, 0.3) is 0 Å². The zero-order chi connectivity index (χ0) is 17.4. The van der Waals surface area contributed by atoms with E-state index >= 15 is 0 Å². The normalized spacial score (nSPS) is 16.9. The Balaban J connectivity index is 0.00000312. The van der Waals surface area contributed by atoms with E-state index in [0.29, 0.717) is 0 Å². The Kier molecular flexibility index (Phi) is 10.2. The molecule has 4 nitrogen and oxygen atoms in total. The summed E-state index contributed by atoms with van der Waals surface area (Å²) in [4.78, 5) is 7.18. The average Bonchev–Trinajstić information content (AvgIpc) is 2.61. The number of benzene rings is 1. The van der Waals surface area contributed by atoms with E-state index in [1.807, 2.05) is 11.8 Å². The number of hydrogen-bond donors (Lipinski definition) is 1. The number of thioether (sulfide) groups is 1. The Hall–Kier alpha value is -0.470. The lowest BCUT2D eigenvalue weighted by Crippen LogP contribution is -2.41. The van der Waals surface area contributed by atoms with Crippen LogP contribution in [0.4, 0.5) is 0 Å². The van der Waals surface area contributed by atoms with Gasteiger partial charge in [-0.3, -0.25) is 4.99 Å². The fourth-order valence-electron chi connectivity index (χ4n) is 2.98. The number of rotatable bonds is 6. The molecule has 0 atom stereocenters. The van der Waals surface area contributed by atoms with Gasteiger partial charge in [-0.1, -0.05) is 24.3 Å². The van der Waals surface area contributed by atoms with Crippen molar-refractivity contribution in [3.8, 4) is 0 Å². The molecule has 142 valence electrons. The van der Waals surface area contributed by atoms with Crippen LogP contribution in [0.2, 0.25) is 0 Å². The number of ether oxygens (including phenoxy) is 1. The van der Waals surface area contributed by atoms with Crippen LogP contribution >= 0.6 is 35.7 Å². The van der Waals surface area contributed by atoms with Crippen molar-refractivity contribution >= 4 is 41.7 Å². The van der Waals surface area contributed by atoms with Crippen molar-refractivity contribution in [2.45, 2.75) is 38.0 Å². The van der Waals surface area contributed by atoms with Crippen LogP contribution in [0.1, 0.15) is 30.9 Å². The summed E-state index contributed by atoms with van der Waals surface area (Å²) in [6.45, 7) is 8.59. The lowest BCUT2D eigenvalue weighted by molar-refractivity contribution is 0.0793. The summed E-state index contributed by atoms with van der Waals surface area (Å²) in [5, 5.41) is 3.44. The van der Waals surface area contributed by atoms with Crippen LogP contribution in [0.15, 0.2) is 29.3 Å². The zero-order valence-electron chi connectivity index (χ0n) is 15.9. The largest absolute Gasteiger partial charge is 0.381 e. The Labute approximate surface area is 174 Å². The number of aryl methyl sites for hydroxylation is 1. The Morgan fingerprint density at radius 2 is 2.00 bits per heavy atom. The molecule has 0 aromatic heterocycles. The van der Waals surface area contributed by atoms with Gasteiger partial charge in [0.15, 0.2) is 5.96 Å². The molecule has 1 aromatic carbocycles. The average molecular weight is 477 g/mol. The van der Waals surface area contributed by atoms with Gasteiger partial charge < -0.3 is 15.0 Å². The third kappa shape index (κ3) is 6.64. The van der Waals surface area contributed by atoms with Crippen molar-refractivity contribution in [1.29, 1.82) is 0 Å². The van der Waals surface area contributed by atoms with Gasteiger partial charge in [0.05, 0.1) is 6.54 Å². The minimum atomic E-state index is 0. The highest BCUT2D eigenvalue weighted by atomic mass is 127. The maximum absolute atomic E-state index is 5.53. The molecule has 1 N–H and O–H groups in total. The van der Waals surface area contributed by atoms with Crippen molar-refractivity contribution in [3.05, 3.63) is 35.4 Å². The van der Waals surface area contributed by atoms with Gasteiger partial charge in [0.25, 0.3) is 0 Å². The monoisotopic (exact) mass is 477 g/mol. The lowest BCUT2D eigenvalue weighted by atomic mass is 9.99. The van der Waals surface area contributed by atoms with E-state index in [0.717, 1.165) is 51.6 Å². The second kappa shape index (κ2) is 11.3. The smallest absolute Gasteiger partial charge is 0.194 e. The summed E-state index contributed by atoms with van der Waals surface area (Å²) in [5.41, 5.74) is 2.67. The molecule has 0 radical (unpaired) electrons. The first-order chi connectivity index (χ1) is 11.6. The van der Waals surface area contributed by atoms with Crippen LogP contribution in [0, 0.1) is 6.92 Å². The molecule has 25 heavy (non-hydrogen) atoms. The topological polar surface area (TPSA) is 36.9 Å². The fraction of sp³-hybridized carbons (Fsp3) is 0.632. The van der Waals surface area contributed by atoms with Gasteiger partial charge in [-0.2, -0.15) is 11.8 Å². The Morgan fingerprint density at radius 1 is 1.32 bits per heavy atom. The molecular weight excluding hydrogens is 445 g/mol. The minimum Gasteiger partial charge on any atom is -0.381 e. The predicted molar refractivity (Wildman–Crippen MR) is 120 cm³/mol. The van der Waals surface area contributed by atoms with Crippen molar-refractivity contribution in [3.63, 3.8) is 0 Å². The van der Waals surface area contributed by atoms with Gasteiger partial charge in [0.1, 0.15) is 0 Å². The van der Waals surface area contributed by atoms with Gasteiger partial charge in [-0.05, 0) is 44.1 Å². The molecule has 1 aliphatic heterocycles. The molecular formula is C19H32IN3OS. The van der Waals surface area contributed by atoms with E-state index in [9.17, 15) is 0 Å². The standard InChI is InChI=1S/C19H31N3OS.HI/c1-5-20-18(21-15-19(24-4)10-12-23-13-11-19)22(3)14-17-9-7-6-8-16(17)2;/h6-9H,5,10-15H2,1-4H3,(H,20,21);1H. The molecule has 1 heterocycles. The van der Waals surface area contributed by atoms with Crippen LogP contribution in [0.3, 0.4) is 0 Å². The molecule has 1 aromatic rings. The SMILES string of the molecule is CCNC(=NCC1(SC)CCOCC1)N(C)Cc1ccccc1C.I. The number of halogens is 1. The highest BCUT2D eigenvalue weighted by Crippen LogP contribution is 2.34. The number of nitrogens with zero attached hydrogens (tertiary/aromatic N) is 2. The number of nitrogens with one attached hydrogen (secondary N) is 1. The van der Waals surface area contributed by atoms with E-state index in [4.69, 9.17) is 9.73 Å². The number of hydrogen-bond acceptors (Lipinski definition) is 3. The van der Waals surface area contributed by atoms with E-state index in [2.05, 4.69) is 61.6 Å². The fourth-order valence-corrected chi connectivity index (χ4v) is 3.75. The molecule has 0 saturated carbocycles. The zero-order valence-corrected chi connectivity index (χ0v) is 19.0. The number of guanidine groups is 1. The van der Waals surface area contributed by atoms with Gasteiger partial charge in [0.2, 0.25) is 0 Å². The molecule has 0 aliphatic carbocycles. The van der Waals surface area contributed by atoms with Gasteiger partial charge in [-0.25, -0.2) is 0 Å². The summed E-state index contributed by atoms with van der Waals surface area (Å²) in [5.74, 6) is 0.987. The van der Waals surface area contributed by atoms with Crippen LogP contribution in [0.5, 0.6) is 0 Å². The molecule has 0 bridgehead atoms. The molecule has 6 heteroatoms. The van der Waals surface area contributed by atoms with E-state index < -0.39 is 0 Å². The first kappa shape index (κ1) is 22.6. The summed E-state index contributed by atoms with van der Waals surface area (Å²) in [6.07, 6.45) is 4.36. The Morgan fingerprint density at radius 3 is 2.60 bits per heavy atom.